The van der Waals surface area contributed by atoms with E-state index in [-0.39, 0.29) is 0 Å². The molecule has 2 N–H and O–H groups in total. The molecule has 5 heteroatoms. The van der Waals surface area contributed by atoms with Crippen LogP contribution < -0.4 is 10.5 Å². The molecule has 1 heterocycles. The van der Waals surface area contributed by atoms with E-state index in [1.165, 1.54) is 0 Å². The van der Waals surface area contributed by atoms with Gasteiger partial charge in [0.25, 0.3) is 0 Å². The molecule has 0 spiro atoms. The topological polar surface area (TPSA) is 61.3 Å². The number of nitrogens with zero attached hydrogens (tertiary/aromatic N) is 1. The summed E-state index contributed by atoms with van der Waals surface area (Å²) < 4.78 is 11.5. The molecule has 0 aliphatic heterocycles. The maximum Gasteiger partial charge on any atom is 0.173 e. The Morgan fingerprint density at radius 2 is 2.00 bits per heavy atom. The zero-order chi connectivity index (χ0) is 12.6. The predicted molar refractivity (Wildman–Crippen MR) is 70.1 cm³/mol. The number of benzene rings is 1. The molecule has 0 amide bonds. The number of hydrogen-bond acceptors (Lipinski definition) is 4. The summed E-state index contributed by atoms with van der Waals surface area (Å²) in [4.78, 5) is 0. The van der Waals surface area contributed by atoms with E-state index in [1.54, 1.807) is 13.2 Å². The molecule has 2 rings (SSSR count). The largest absolute Gasteiger partial charge is 0.495 e. The molecular formula is C12H13BrN2O2. The molecule has 1 aromatic heterocycles. The number of nitrogens with two attached hydrogens (primary N) is 1. The van der Waals surface area contributed by atoms with Crippen LogP contribution in [0.3, 0.4) is 0 Å². The Balaban J connectivity index is 2.72. The number of aryl methyl sites for hydroxylation is 2. The van der Waals surface area contributed by atoms with Gasteiger partial charge in [0.15, 0.2) is 11.6 Å². The van der Waals surface area contributed by atoms with E-state index in [0.717, 1.165) is 26.9 Å². The number of methoxy groups -OCH3 is 1. The van der Waals surface area contributed by atoms with Gasteiger partial charge in [0.05, 0.1) is 17.1 Å². The van der Waals surface area contributed by atoms with Gasteiger partial charge in [-0.1, -0.05) is 11.2 Å². The van der Waals surface area contributed by atoms with Crippen LogP contribution in [0.15, 0.2) is 21.1 Å². The van der Waals surface area contributed by atoms with Crippen molar-refractivity contribution >= 4 is 21.7 Å². The second kappa shape index (κ2) is 4.41. The minimum atomic E-state index is 0.359. The zero-order valence-corrected chi connectivity index (χ0v) is 11.5. The quantitative estimate of drug-likeness (QED) is 0.923. The van der Waals surface area contributed by atoms with Crippen molar-refractivity contribution < 1.29 is 9.26 Å². The number of aromatic nitrogens is 1. The molecule has 0 saturated carbocycles. The van der Waals surface area contributed by atoms with Crippen LogP contribution in [0.25, 0.3) is 11.3 Å². The summed E-state index contributed by atoms with van der Waals surface area (Å²) in [5.41, 5.74) is 8.60. The summed E-state index contributed by atoms with van der Waals surface area (Å²) in [6.45, 7) is 4.01. The van der Waals surface area contributed by atoms with Crippen molar-refractivity contribution in [3.63, 3.8) is 0 Å². The van der Waals surface area contributed by atoms with Crippen molar-refractivity contribution in [2.24, 2.45) is 0 Å². The summed E-state index contributed by atoms with van der Waals surface area (Å²) in [6, 6.07) is 3.74. The maximum atomic E-state index is 5.57. The molecule has 0 fully saturated rings. The van der Waals surface area contributed by atoms with Crippen LogP contribution in [0.1, 0.15) is 11.1 Å². The second-order valence-corrected chi connectivity index (χ2v) is 4.64. The van der Waals surface area contributed by atoms with E-state index in [2.05, 4.69) is 27.2 Å². The smallest absolute Gasteiger partial charge is 0.173 e. The predicted octanol–water partition coefficient (Wildman–Crippen LogP) is 3.31. The van der Waals surface area contributed by atoms with Gasteiger partial charge in [-0.05, 0) is 40.9 Å². The molecule has 4 nitrogen and oxygen atoms in total. The fourth-order valence-electron chi connectivity index (χ4n) is 1.83. The summed E-state index contributed by atoms with van der Waals surface area (Å²) >= 11 is 3.51. The van der Waals surface area contributed by atoms with Crippen molar-refractivity contribution in [3.8, 4) is 17.1 Å². The van der Waals surface area contributed by atoms with Crippen LogP contribution in [0, 0.1) is 13.8 Å². The molecule has 17 heavy (non-hydrogen) atoms. The highest BCUT2D eigenvalue weighted by atomic mass is 79.9. The Bertz CT molecular complexity index is 564. The van der Waals surface area contributed by atoms with E-state index >= 15 is 0 Å². The molecule has 0 radical (unpaired) electrons. The van der Waals surface area contributed by atoms with Crippen LogP contribution in [0.5, 0.6) is 5.75 Å². The summed E-state index contributed by atoms with van der Waals surface area (Å²) in [6.07, 6.45) is 0. The molecule has 90 valence electrons. The minimum Gasteiger partial charge on any atom is -0.495 e. The van der Waals surface area contributed by atoms with E-state index < -0.39 is 0 Å². The number of hydrogen-bond donors (Lipinski definition) is 1. The molecule has 0 aliphatic rings. The average Bonchev–Trinajstić information content (AvgIpc) is 2.69. The average molecular weight is 297 g/mol. The highest BCUT2D eigenvalue weighted by Crippen LogP contribution is 2.41. The fraction of sp³-hybridized carbons (Fsp3) is 0.250. The number of ether oxygens (including phenoxy) is 1. The van der Waals surface area contributed by atoms with Gasteiger partial charge in [0.1, 0.15) is 5.75 Å². The summed E-state index contributed by atoms with van der Waals surface area (Å²) in [5, 5.41) is 3.69. The van der Waals surface area contributed by atoms with Crippen LogP contribution >= 0.6 is 15.9 Å². The first-order valence-corrected chi connectivity index (χ1v) is 5.90. The normalized spacial score (nSPS) is 10.6. The Labute approximate surface area is 108 Å². The molecule has 0 saturated heterocycles. The molecule has 2 aromatic rings. The van der Waals surface area contributed by atoms with Gasteiger partial charge in [-0.25, -0.2) is 0 Å². The van der Waals surface area contributed by atoms with Gasteiger partial charge in [-0.3, -0.25) is 0 Å². The Morgan fingerprint density at radius 1 is 1.29 bits per heavy atom. The fourth-order valence-corrected chi connectivity index (χ4v) is 2.31. The Kier molecular flexibility index (Phi) is 3.11. The maximum absolute atomic E-state index is 5.57. The molecule has 0 atom stereocenters. The first-order valence-electron chi connectivity index (χ1n) is 5.11. The molecular weight excluding hydrogens is 284 g/mol. The molecule has 0 bridgehead atoms. The first-order chi connectivity index (χ1) is 8.04. The van der Waals surface area contributed by atoms with Gasteiger partial charge in [-0.2, -0.15) is 0 Å². The lowest BCUT2D eigenvalue weighted by Crippen LogP contribution is -1.94. The number of anilines is 1. The van der Waals surface area contributed by atoms with E-state index in [1.807, 2.05) is 13.8 Å². The van der Waals surface area contributed by atoms with E-state index in [4.69, 9.17) is 15.0 Å². The first kappa shape index (κ1) is 12.0. The van der Waals surface area contributed by atoms with Gasteiger partial charge in [0, 0.05) is 6.07 Å². The third-order valence-electron chi connectivity index (χ3n) is 2.58. The van der Waals surface area contributed by atoms with Gasteiger partial charge >= 0.3 is 0 Å². The number of nitrogen functional groups attached to an aromatic ring is 1. The van der Waals surface area contributed by atoms with E-state index in [9.17, 15) is 0 Å². The SMILES string of the molecule is COc1c(Br)c(C)cc(C)c1-c1cc(N)no1. The number of rotatable bonds is 2. The van der Waals surface area contributed by atoms with Gasteiger partial charge < -0.3 is 15.0 Å². The summed E-state index contributed by atoms with van der Waals surface area (Å²) in [7, 11) is 1.63. The lowest BCUT2D eigenvalue weighted by Gasteiger charge is -2.13. The van der Waals surface area contributed by atoms with Crippen molar-refractivity contribution in [3.05, 3.63) is 27.7 Å². The summed E-state index contributed by atoms with van der Waals surface area (Å²) in [5.74, 6) is 1.70. The monoisotopic (exact) mass is 296 g/mol. The Morgan fingerprint density at radius 3 is 2.53 bits per heavy atom. The third kappa shape index (κ3) is 2.02. The molecule has 0 aliphatic carbocycles. The van der Waals surface area contributed by atoms with Crippen molar-refractivity contribution in [1.82, 2.24) is 5.16 Å². The zero-order valence-electron chi connectivity index (χ0n) is 9.87. The lowest BCUT2D eigenvalue weighted by atomic mass is 10.0. The van der Waals surface area contributed by atoms with Gasteiger partial charge in [-0.15, -0.1) is 0 Å². The third-order valence-corrected chi connectivity index (χ3v) is 3.56. The van der Waals surface area contributed by atoms with Gasteiger partial charge in [0.2, 0.25) is 0 Å². The highest BCUT2D eigenvalue weighted by Gasteiger charge is 2.18. The van der Waals surface area contributed by atoms with Crippen LogP contribution in [-0.4, -0.2) is 12.3 Å². The van der Waals surface area contributed by atoms with Crippen LogP contribution in [0.4, 0.5) is 5.82 Å². The van der Waals surface area contributed by atoms with Crippen LogP contribution in [0.2, 0.25) is 0 Å². The lowest BCUT2D eigenvalue weighted by molar-refractivity contribution is 0.404. The highest BCUT2D eigenvalue weighted by molar-refractivity contribution is 9.10. The molecule has 1 aromatic carbocycles. The van der Waals surface area contributed by atoms with Crippen molar-refractivity contribution in [1.29, 1.82) is 0 Å². The van der Waals surface area contributed by atoms with Crippen LogP contribution in [-0.2, 0) is 0 Å². The number of halogens is 1. The van der Waals surface area contributed by atoms with Crippen molar-refractivity contribution in [2.75, 3.05) is 12.8 Å². The van der Waals surface area contributed by atoms with E-state index in [0.29, 0.717) is 11.6 Å². The second-order valence-electron chi connectivity index (χ2n) is 3.85. The minimum absolute atomic E-state index is 0.359. The molecule has 0 unspecified atom stereocenters. The standard InChI is InChI=1S/C12H13BrN2O2/c1-6-4-7(2)11(13)12(16-3)10(6)8-5-9(14)15-17-8/h4-5H,1-3H3,(H2,14,15). The Hall–Kier alpha value is -1.49. The van der Waals surface area contributed by atoms with Crippen molar-refractivity contribution in [2.45, 2.75) is 13.8 Å².